The van der Waals surface area contributed by atoms with Crippen LogP contribution in [0.4, 0.5) is 16.4 Å². The molecule has 3 rings (SSSR count). The summed E-state index contributed by atoms with van der Waals surface area (Å²) in [5.41, 5.74) is 6.12. The molecule has 0 aliphatic rings. The van der Waals surface area contributed by atoms with Gasteiger partial charge in [0.2, 0.25) is 5.95 Å². The minimum absolute atomic E-state index is 0.317. The number of urea groups is 1. The molecule has 0 aliphatic carbocycles. The van der Waals surface area contributed by atoms with Gasteiger partial charge in [-0.1, -0.05) is 30.3 Å². The summed E-state index contributed by atoms with van der Waals surface area (Å²) in [5, 5.41) is 5.47. The van der Waals surface area contributed by atoms with E-state index in [2.05, 4.69) is 26.1 Å². The largest absolute Gasteiger partial charge is 0.334 e. The van der Waals surface area contributed by atoms with Crippen LogP contribution in [-0.2, 0) is 11.4 Å². The van der Waals surface area contributed by atoms with Crippen LogP contribution >= 0.6 is 0 Å². The molecule has 118 valence electrons. The number of anilines is 2. The van der Waals surface area contributed by atoms with Gasteiger partial charge in [0.05, 0.1) is 23.8 Å². The Morgan fingerprint density at radius 2 is 2.04 bits per heavy atom. The quantitative estimate of drug-likeness (QED) is 0.545. The Balaban J connectivity index is 1.63. The van der Waals surface area contributed by atoms with Crippen molar-refractivity contribution in [3.05, 3.63) is 54.1 Å². The zero-order valence-corrected chi connectivity index (χ0v) is 12.6. The van der Waals surface area contributed by atoms with Gasteiger partial charge in [0.1, 0.15) is 0 Å². The van der Waals surface area contributed by atoms with Crippen molar-refractivity contribution in [2.45, 2.75) is 6.54 Å². The third-order valence-corrected chi connectivity index (χ3v) is 3.23. The summed E-state index contributed by atoms with van der Waals surface area (Å²) in [6.07, 6.45) is 0. The molecule has 0 unspecified atom stereocenters. The Bertz CT molecular complexity index is 801. The third-order valence-electron chi connectivity index (χ3n) is 3.23. The van der Waals surface area contributed by atoms with Gasteiger partial charge in [-0.05, 0) is 23.8 Å². The molecule has 0 atom stereocenters. The van der Waals surface area contributed by atoms with Crippen LogP contribution in [0.1, 0.15) is 5.56 Å². The average Bonchev–Trinajstić information content (AvgIpc) is 2.95. The number of carbonyl (C=O) groups excluding carboxylic acids is 1. The van der Waals surface area contributed by atoms with E-state index in [0.29, 0.717) is 12.5 Å². The summed E-state index contributed by atoms with van der Waals surface area (Å²) < 4.78 is 0. The molecule has 0 radical (unpaired) electrons. The molecular weight excluding hydrogens is 294 g/mol. The number of hydrogen-bond donors (Lipinski definition) is 4. The third kappa shape index (κ3) is 3.78. The maximum atomic E-state index is 11.9. The fraction of sp³-hybridized carbons (Fsp3) is 0.125. The van der Waals surface area contributed by atoms with E-state index in [1.54, 1.807) is 7.11 Å². The predicted octanol–water partition coefficient (Wildman–Crippen LogP) is 2.86. The monoisotopic (exact) mass is 311 g/mol. The zero-order valence-electron chi connectivity index (χ0n) is 12.6. The smallest absolute Gasteiger partial charge is 0.321 e. The van der Waals surface area contributed by atoms with E-state index in [4.69, 9.17) is 4.84 Å². The molecule has 7 nitrogen and oxygen atoms in total. The highest BCUT2D eigenvalue weighted by atomic mass is 16.6. The zero-order chi connectivity index (χ0) is 16.1. The van der Waals surface area contributed by atoms with Crippen molar-refractivity contribution >= 4 is 28.7 Å². The van der Waals surface area contributed by atoms with Gasteiger partial charge in [0.15, 0.2) is 0 Å². The van der Waals surface area contributed by atoms with Gasteiger partial charge in [-0.2, -0.15) is 0 Å². The molecule has 2 aromatic carbocycles. The molecule has 1 heterocycles. The number of nitrogens with one attached hydrogen (secondary N) is 4. The molecule has 3 aromatic rings. The fourth-order valence-corrected chi connectivity index (χ4v) is 2.18. The first-order valence-electron chi connectivity index (χ1n) is 7.12. The summed E-state index contributed by atoms with van der Waals surface area (Å²) in [7, 11) is 1.54. The Hall–Kier alpha value is -3.06. The molecule has 2 amide bonds. The second-order valence-corrected chi connectivity index (χ2v) is 4.92. The molecule has 0 spiro atoms. The van der Waals surface area contributed by atoms with Crippen molar-refractivity contribution in [1.29, 1.82) is 0 Å². The van der Waals surface area contributed by atoms with Gasteiger partial charge in [-0.25, -0.2) is 9.78 Å². The number of fused-ring (bicyclic) bond motifs is 1. The number of rotatable bonds is 5. The van der Waals surface area contributed by atoms with E-state index in [1.165, 1.54) is 0 Å². The lowest BCUT2D eigenvalue weighted by Crippen LogP contribution is -2.28. The van der Waals surface area contributed by atoms with E-state index in [-0.39, 0.29) is 6.03 Å². The fourth-order valence-electron chi connectivity index (χ4n) is 2.18. The summed E-state index contributed by atoms with van der Waals surface area (Å²) >= 11 is 0. The van der Waals surface area contributed by atoms with Gasteiger partial charge < -0.3 is 10.3 Å². The Labute approximate surface area is 133 Å². The maximum absolute atomic E-state index is 11.9. The molecular formula is C16H17N5O2. The van der Waals surface area contributed by atoms with E-state index in [1.807, 2.05) is 48.5 Å². The molecule has 23 heavy (non-hydrogen) atoms. The number of carbonyl (C=O) groups is 1. The second-order valence-electron chi connectivity index (χ2n) is 4.92. The minimum atomic E-state index is -0.317. The first-order valence-corrected chi connectivity index (χ1v) is 7.12. The predicted molar refractivity (Wildman–Crippen MR) is 89.0 cm³/mol. The summed E-state index contributed by atoms with van der Waals surface area (Å²) in [5.74, 6) is 0.389. The number of amides is 2. The number of aromatic amines is 1. The van der Waals surface area contributed by atoms with Crippen molar-refractivity contribution in [1.82, 2.24) is 15.3 Å². The summed E-state index contributed by atoms with van der Waals surface area (Å²) in [4.78, 5) is 24.1. The highest BCUT2D eigenvalue weighted by Gasteiger charge is 2.07. The molecule has 1 aromatic heterocycles. The van der Waals surface area contributed by atoms with Crippen LogP contribution in [0.2, 0.25) is 0 Å². The maximum Gasteiger partial charge on any atom is 0.321 e. The van der Waals surface area contributed by atoms with Gasteiger partial charge >= 0.3 is 6.03 Å². The van der Waals surface area contributed by atoms with Crippen LogP contribution in [0.5, 0.6) is 0 Å². The lowest BCUT2D eigenvalue weighted by molar-refractivity contribution is 0.251. The lowest BCUT2D eigenvalue weighted by atomic mass is 10.2. The number of benzene rings is 2. The normalized spacial score (nSPS) is 10.5. The topological polar surface area (TPSA) is 91.1 Å². The van der Waals surface area contributed by atoms with Crippen molar-refractivity contribution in [3.63, 3.8) is 0 Å². The van der Waals surface area contributed by atoms with E-state index >= 15 is 0 Å². The Morgan fingerprint density at radius 3 is 2.83 bits per heavy atom. The van der Waals surface area contributed by atoms with Gasteiger partial charge in [-0.3, -0.25) is 15.6 Å². The number of H-pyrrole nitrogens is 1. The second kappa shape index (κ2) is 6.80. The van der Waals surface area contributed by atoms with Gasteiger partial charge in [0.25, 0.3) is 0 Å². The Kier molecular flexibility index (Phi) is 4.39. The minimum Gasteiger partial charge on any atom is -0.334 e. The van der Waals surface area contributed by atoms with Crippen molar-refractivity contribution in [2.24, 2.45) is 0 Å². The molecule has 4 N–H and O–H groups in total. The van der Waals surface area contributed by atoms with Crippen LogP contribution in [0.3, 0.4) is 0 Å². The lowest BCUT2D eigenvalue weighted by Gasteiger charge is -2.05. The molecule has 0 saturated carbocycles. The summed E-state index contributed by atoms with van der Waals surface area (Å²) in [6, 6.07) is 14.9. The van der Waals surface area contributed by atoms with Crippen molar-refractivity contribution in [3.8, 4) is 0 Å². The molecule has 0 bridgehead atoms. The van der Waals surface area contributed by atoms with Crippen molar-refractivity contribution < 1.29 is 9.63 Å². The van der Waals surface area contributed by atoms with Crippen LogP contribution in [-0.4, -0.2) is 23.1 Å². The highest BCUT2D eigenvalue weighted by molar-refractivity contribution is 5.90. The first kappa shape index (κ1) is 14.9. The molecule has 0 aliphatic heterocycles. The number of imidazole rings is 1. The number of aromatic nitrogens is 2. The van der Waals surface area contributed by atoms with Gasteiger partial charge in [0, 0.05) is 6.54 Å². The van der Waals surface area contributed by atoms with Gasteiger partial charge in [-0.15, -0.1) is 0 Å². The highest BCUT2D eigenvalue weighted by Crippen LogP contribution is 2.18. The van der Waals surface area contributed by atoms with E-state index in [9.17, 15) is 4.79 Å². The summed E-state index contributed by atoms with van der Waals surface area (Å²) in [6.45, 7) is 0.453. The first-order chi connectivity index (χ1) is 11.2. The van der Waals surface area contributed by atoms with Crippen LogP contribution in [0, 0.1) is 0 Å². The number of nitrogens with zero attached hydrogens (tertiary/aromatic N) is 1. The standard InChI is InChI=1S/C16H17N5O2/c1-23-21-12-7-8-13-14(9-12)19-15(18-13)20-16(22)17-10-11-5-3-2-4-6-11/h2-9,21H,10H2,1H3,(H3,17,18,19,20,22). The molecule has 7 heteroatoms. The molecule has 0 saturated heterocycles. The number of hydrogen-bond acceptors (Lipinski definition) is 4. The SMILES string of the molecule is CONc1ccc2nc(NC(=O)NCc3ccccc3)[nH]c2c1. The molecule has 0 fully saturated rings. The van der Waals surface area contributed by atoms with E-state index < -0.39 is 0 Å². The average molecular weight is 311 g/mol. The van der Waals surface area contributed by atoms with Crippen LogP contribution < -0.4 is 16.1 Å². The Morgan fingerprint density at radius 1 is 1.22 bits per heavy atom. The van der Waals surface area contributed by atoms with E-state index in [0.717, 1.165) is 22.3 Å². The van der Waals surface area contributed by atoms with Crippen molar-refractivity contribution in [2.75, 3.05) is 17.9 Å². The van der Waals surface area contributed by atoms with Crippen LogP contribution in [0.15, 0.2) is 48.5 Å². The van der Waals surface area contributed by atoms with Crippen LogP contribution in [0.25, 0.3) is 11.0 Å².